The number of aryl methyl sites for hydroxylation is 1. The first-order chi connectivity index (χ1) is 6.45. The van der Waals surface area contributed by atoms with E-state index >= 15 is 0 Å². The molecule has 1 aromatic rings. The summed E-state index contributed by atoms with van der Waals surface area (Å²) < 4.78 is 28.4. The lowest BCUT2D eigenvalue weighted by Gasteiger charge is -1.97. The summed E-state index contributed by atoms with van der Waals surface area (Å²) in [7, 11) is 3.07. The minimum absolute atomic E-state index is 0.0512. The summed E-state index contributed by atoms with van der Waals surface area (Å²) in [5.74, 6) is 0. The predicted molar refractivity (Wildman–Crippen MR) is 51.9 cm³/mol. The van der Waals surface area contributed by atoms with Gasteiger partial charge in [0.25, 0.3) is 9.05 Å². The predicted octanol–water partition coefficient (Wildman–Crippen LogP) is 0.765. The second-order valence-electron chi connectivity index (χ2n) is 2.77. The molecule has 0 aliphatic heterocycles. The zero-order chi connectivity index (χ0) is 10.8. The third-order valence-electron chi connectivity index (χ3n) is 1.69. The molecule has 0 atom stereocenters. The molecule has 1 rings (SSSR count). The number of hydrogen-bond acceptors (Lipinski definition) is 4. The summed E-state index contributed by atoms with van der Waals surface area (Å²) >= 11 is 0. The normalized spacial score (nSPS) is 11.9. The van der Waals surface area contributed by atoms with Crippen LogP contribution in [0.5, 0.6) is 0 Å². The lowest BCUT2D eigenvalue weighted by Crippen LogP contribution is -2.04. The highest BCUT2D eigenvalue weighted by Gasteiger charge is 2.16. The van der Waals surface area contributed by atoms with Gasteiger partial charge in [-0.25, -0.2) is 8.42 Å². The monoisotopic (exact) mass is 238 g/mol. The van der Waals surface area contributed by atoms with E-state index in [-0.39, 0.29) is 4.90 Å². The molecule has 0 saturated heterocycles. The first-order valence-corrected chi connectivity index (χ1v) is 6.23. The first kappa shape index (κ1) is 11.5. The SMILES string of the molecule is COCCn1cc(S(=O)(=O)Cl)c(C)n1. The summed E-state index contributed by atoms with van der Waals surface area (Å²) in [4.78, 5) is 0.0512. The van der Waals surface area contributed by atoms with Crippen LogP contribution in [0.1, 0.15) is 5.69 Å². The summed E-state index contributed by atoms with van der Waals surface area (Å²) in [6, 6.07) is 0. The molecule has 14 heavy (non-hydrogen) atoms. The van der Waals surface area contributed by atoms with Gasteiger partial charge in [-0.05, 0) is 6.92 Å². The van der Waals surface area contributed by atoms with Crippen molar-refractivity contribution in [2.75, 3.05) is 13.7 Å². The zero-order valence-corrected chi connectivity index (χ0v) is 9.47. The third-order valence-corrected chi connectivity index (χ3v) is 3.11. The van der Waals surface area contributed by atoms with Crippen LogP contribution in [0.15, 0.2) is 11.1 Å². The van der Waals surface area contributed by atoms with Crippen molar-refractivity contribution in [3.05, 3.63) is 11.9 Å². The maximum absolute atomic E-state index is 11.0. The number of nitrogens with zero attached hydrogens (tertiary/aromatic N) is 2. The Morgan fingerprint density at radius 2 is 2.29 bits per heavy atom. The van der Waals surface area contributed by atoms with Crippen molar-refractivity contribution in [2.45, 2.75) is 18.4 Å². The molecular formula is C7H11ClN2O3S. The first-order valence-electron chi connectivity index (χ1n) is 3.93. The van der Waals surface area contributed by atoms with Gasteiger partial charge in [-0.1, -0.05) is 0 Å². The maximum Gasteiger partial charge on any atom is 0.264 e. The molecule has 0 fully saturated rings. The Morgan fingerprint density at radius 3 is 2.71 bits per heavy atom. The average Bonchev–Trinajstić information content (AvgIpc) is 2.42. The van der Waals surface area contributed by atoms with Gasteiger partial charge in [0.05, 0.1) is 18.8 Å². The molecule has 1 heterocycles. The van der Waals surface area contributed by atoms with Crippen LogP contribution < -0.4 is 0 Å². The Bertz CT molecular complexity index is 413. The topological polar surface area (TPSA) is 61.2 Å². The van der Waals surface area contributed by atoms with E-state index in [1.54, 1.807) is 14.0 Å². The molecule has 0 N–H and O–H groups in total. The van der Waals surface area contributed by atoms with Crippen LogP contribution in [0.2, 0.25) is 0 Å². The number of halogens is 1. The molecule has 0 saturated carbocycles. The highest BCUT2D eigenvalue weighted by Crippen LogP contribution is 2.17. The Kier molecular flexibility index (Phi) is 3.52. The Labute approximate surface area is 87.0 Å². The lowest BCUT2D eigenvalue weighted by molar-refractivity contribution is 0.183. The third kappa shape index (κ3) is 2.70. The van der Waals surface area contributed by atoms with E-state index in [0.717, 1.165) is 0 Å². The molecular weight excluding hydrogens is 228 g/mol. The van der Waals surface area contributed by atoms with Crippen LogP contribution in [0.3, 0.4) is 0 Å². The van der Waals surface area contributed by atoms with Crippen LogP contribution in [0, 0.1) is 6.92 Å². The molecule has 80 valence electrons. The molecule has 0 amide bonds. The Balaban J connectivity index is 2.94. The minimum Gasteiger partial charge on any atom is -0.383 e. The van der Waals surface area contributed by atoms with Gasteiger partial charge in [0, 0.05) is 24.0 Å². The van der Waals surface area contributed by atoms with E-state index in [2.05, 4.69) is 5.10 Å². The van der Waals surface area contributed by atoms with E-state index in [1.807, 2.05) is 0 Å². The second-order valence-corrected chi connectivity index (χ2v) is 5.31. The van der Waals surface area contributed by atoms with Gasteiger partial charge in [0.15, 0.2) is 0 Å². The second kappa shape index (κ2) is 4.29. The van der Waals surface area contributed by atoms with Crippen LogP contribution in [0.25, 0.3) is 0 Å². The molecule has 1 aromatic heterocycles. The van der Waals surface area contributed by atoms with E-state index < -0.39 is 9.05 Å². The van der Waals surface area contributed by atoms with Gasteiger partial charge in [0.1, 0.15) is 4.90 Å². The van der Waals surface area contributed by atoms with Crippen LogP contribution in [-0.4, -0.2) is 31.9 Å². The number of aromatic nitrogens is 2. The van der Waals surface area contributed by atoms with Crippen molar-refractivity contribution in [2.24, 2.45) is 0 Å². The van der Waals surface area contributed by atoms with Crippen molar-refractivity contribution < 1.29 is 13.2 Å². The van der Waals surface area contributed by atoms with E-state index in [1.165, 1.54) is 10.9 Å². The fourth-order valence-corrected chi connectivity index (χ4v) is 2.13. The number of rotatable bonds is 4. The molecule has 0 aliphatic carbocycles. The number of hydrogen-bond donors (Lipinski definition) is 0. The molecule has 0 radical (unpaired) electrons. The molecule has 0 aliphatic rings. The number of methoxy groups -OCH3 is 1. The lowest BCUT2D eigenvalue weighted by atomic mass is 10.5. The van der Waals surface area contributed by atoms with Crippen LogP contribution >= 0.6 is 10.7 Å². The van der Waals surface area contributed by atoms with Crippen molar-refractivity contribution in [3.63, 3.8) is 0 Å². The van der Waals surface area contributed by atoms with Crippen molar-refractivity contribution in [1.82, 2.24) is 9.78 Å². The van der Waals surface area contributed by atoms with E-state index in [9.17, 15) is 8.42 Å². The standard InChI is InChI=1S/C7H11ClN2O3S/c1-6-7(14(8,11)12)5-10(9-6)3-4-13-2/h5H,3-4H2,1-2H3. The van der Waals surface area contributed by atoms with Crippen molar-refractivity contribution in [1.29, 1.82) is 0 Å². The highest BCUT2D eigenvalue weighted by atomic mass is 35.7. The van der Waals surface area contributed by atoms with Crippen molar-refractivity contribution in [3.8, 4) is 0 Å². The zero-order valence-electron chi connectivity index (χ0n) is 7.90. The van der Waals surface area contributed by atoms with Crippen molar-refractivity contribution >= 4 is 19.7 Å². The minimum atomic E-state index is -3.69. The summed E-state index contributed by atoms with van der Waals surface area (Å²) in [6.07, 6.45) is 1.40. The van der Waals surface area contributed by atoms with Gasteiger partial charge >= 0.3 is 0 Å². The Morgan fingerprint density at radius 1 is 1.64 bits per heavy atom. The average molecular weight is 239 g/mol. The summed E-state index contributed by atoms with van der Waals surface area (Å²) in [5, 5.41) is 3.99. The van der Waals surface area contributed by atoms with Gasteiger partial charge in [-0.2, -0.15) is 5.10 Å². The van der Waals surface area contributed by atoms with Crippen LogP contribution in [0.4, 0.5) is 0 Å². The Hall–Kier alpha value is -0.590. The van der Waals surface area contributed by atoms with E-state index in [4.69, 9.17) is 15.4 Å². The van der Waals surface area contributed by atoms with E-state index in [0.29, 0.717) is 18.8 Å². The smallest absolute Gasteiger partial charge is 0.264 e. The largest absolute Gasteiger partial charge is 0.383 e. The summed E-state index contributed by atoms with van der Waals surface area (Å²) in [6.45, 7) is 2.57. The number of ether oxygens (including phenoxy) is 1. The fourth-order valence-electron chi connectivity index (χ4n) is 1.04. The molecule has 5 nitrogen and oxygen atoms in total. The van der Waals surface area contributed by atoms with Gasteiger partial charge in [0.2, 0.25) is 0 Å². The maximum atomic E-state index is 11.0. The fraction of sp³-hybridized carbons (Fsp3) is 0.571. The van der Waals surface area contributed by atoms with Gasteiger partial charge in [-0.15, -0.1) is 0 Å². The summed E-state index contributed by atoms with van der Waals surface area (Å²) in [5.41, 5.74) is 0.399. The highest BCUT2D eigenvalue weighted by molar-refractivity contribution is 8.13. The quantitative estimate of drug-likeness (QED) is 0.727. The molecule has 0 bridgehead atoms. The van der Waals surface area contributed by atoms with Gasteiger partial charge < -0.3 is 4.74 Å². The van der Waals surface area contributed by atoms with Crippen LogP contribution in [-0.2, 0) is 20.3 Å². The molecule has 0 spiro atoms. The van der Waals surface area contributed by atoms with Gasteiger partial charge in [-0.3, -0.25) is 4.68 Å². The molecule has 7 heteroatoms. The molecule has 0 aromatic carbocycles. The molecule has 0 unspecified atom stereocenters.